The summed E-state index contributed by atoms with van der Waals surface area (Å²) in [5, 5.41) is 0. The van der Waals surface area contributed by atoms with Gasteiger partial charge in [-0.25, -0.2) is 9.59 Å². The van der Waals surface area contributed by atoms with Gasteiger partial charge in [-0.05, 0) is 78.1 Å². The van der Waals surface area contributed by atoms with Gasteiger partial charge in [0.15, 0.2) is 5.60 Å². The van der Waals surface area contributed by atoms with Crippen LogP contribution in [0.4, 0.5) is 23.7 Å². The molecule has 2 aromatic rings. The van der Waals surface area contributed by atoms with E-state index >= 15 is 0 Å². The quantitative estimate of drug-likeness (QED) is 0.298. The van der Waals surface area contributed by atoms with Crippen molar-refractivity contribution in [2.45, 2.75) is 39.1 Å². The molecule has 186 valence electrons. The molecule has 0 unspecified atom stereocenters. The molecule has 0 N–H and O–H groups in total. The molecule has 2 aromatic carbocycles. The van der Waals surface area contributed by atoms with Crippen LogP contribution in [0.5, 0.6) is 5.75 Å². The van der Waals surface area contributed by atoms with Crippen LogP contribution in [0.25, 0.3) is 0 Å². The van der Waals surface area contributed by atoms with Gasteiger partial charge in [0.2, 0.25) is 0 Å². The number of benzene rings is 2. The first-order valence-corrected chi connectivity index (χ1v) is 11.5. The summed E-state index contributed by atoms with van der Waals surface area (Å²) >= 11 is 3.42. The van der Waals surface area contributed by atoms with E-state index in [0.717, 1.165) is 34.1 Å². The molecular formula is C23H23BBrF3N2O5. The second-order valence-corrected chi connectivity index (χ2v) is 9.30. The number of rotatable bonds is 7. The predicted octanol–water partition coefficient (Wildman–Crippen LogP) is 3.42. The molecule has 35 heavy (non-hydrogen) atoms. The molecule has 3 amide bonds. The van der Waals surface area contributed by atoms with E-state index in [9.17, 15) is 27.6 Å². The average Bonchev–Trinajstić information content (AvgIpc) is 3.04. The van der Waals surface area contributed by atoms with Gasteiger partial charge in [-0.3, -0.25) is 14.6 Å². The number of esters is 1. The summed E-state index contributed by atoms with van der Waals surface area (Å²) < 4.78 is 49.9. The molecule has 12 heteroatoms. The van der Waals surface area contributed by atoms with Crippen molar-refractivity contribution in [2.75, 3.05) is 18.1 Å². The largest absolute Gasteiger partial charge is 0.476 e. The Kier molecular flexibility index (Phi) is 7.54. The Balaban J connectivity index is 1.77. The van der Waals surface area contributed by atoms with E-state index in [4.69, 9.17) is 9.47 Å². The second-order valence-electron chi connectivity index (χ2n) is 8.45. The average molecular weight is 555 g/mol. The highest BCUT2D eigenvalue weighted by atomic mass is 79.9. The molecule has 1 saturated heterocycles. The zero-order chi connectivity index (χ0) is 26.1. The van der Waals surface area contributed by atoms with Crippen molar-refractivity contribution < 1.29 is 37.0 Å². The van der Waals surface area contributed by atoms with Crippen molar-refractivity contribution in [3.8, 4) is 5.75 Å². The topological polar surface area (TPSA) is 76.2 Å². The van der Waals surface area contributed by atoms with Crippen LogP contribution in [0.1, 0.15) is 31.9 Å². The fourth-order valence-electron chi connectivity index (χ4n) is 3.54. The minimum Gasteiger partial charge on any atom is -0.476 e. The lowest BCUT2D eigenvalue weighted by Gasteiger charge is -2.26. The van der Waals surface area contributed by atoms with Crippen LogP contribution >= 0.6 is 15.9 Å². The summed E-state index contributed by atoms with van der Waals surface area (Å²) in [6, 6.07) is 6.82. The van der Waals surface area contributed by atoms with Crippen LogP contribution < -0.4 is 15.1 Å². The van der Waals surface area contributed by atoms with Gasteiger partial charge in [0.05, 0.1) is 23.2 Å². The molecule has 7 nitrogen and oxygen atoms in total. The van der Waals surface area contributed by atoms with Gasteiger partial charge >= 0.3 is 18.2 Å². The first kappa shape index (κ1) is 26.6. The molecule has 0 spiro atoms. The Hall–Kier alpha value is -3.02. The molecule has 3 rings (SSSR count). The van der Waals surface area contributed by atoms with Gasteiger partial charge in [0.1, 0.15) is 20.1 Å². The Morgan fingerprint density at radius 3 is 2.31 bits per heavy atom. The van der Waals surface area contributed by atoms with Gasteiger partial charge in [0, 0.05) is 5.69 Å². The molecule has 1 heterocycles. The maximum atomic E-state index is 12.9. The summed E-state index contributed by atoms with van der Waals surface area (Å²) in [4.78, 5) is 39.8. The molecule has 1 aliphatic heterocycles. The number of amides is 3. The van der Waals surface area contributed by atoms with E-state index in [1.807, 2.05) is 0 Å². The van der Waals surface area contributed by atoms with Gasteiger partial charge in [0.25, 0.3) is 5.91 Å². The first-order valence-electron chi connectivity index (χ1n) is 10.7. The van der Waals surface area contributed by atoms with Crippen molar-refractivity contribution in [2.24, 2.45) is 0 Å². The second kappa shape index (κ2) is 9.92. The molecule has 0 bridgehead atoms. The van der Waals surface area contributed by atoms with E-state index < -0.39 is 35.2 Å². The first-order chi connectivity index (χ1) is 16.2. The SMILES string of the molecule is Bc1cc(CN2C(=O)CN(c3ccc(C(F)(F)F)cc3)C2=O)cc(Br)c1OC(C)(C)C(=O)OCC. The molecule has 0 aliphatic carbocycles. The number of hydrogen-bond acceptors (Lipinski definition) is 5. The summed E-state index contributed by atoms with van der Waals surface area (Å²) in [6.45, 7) is 4.76. The number of alkyl halides is 3. The number of urea groups is 1. The molecule has 0 aromatic heterocycles. The number of hydrogen-bond donors (Lipinski definition) is 0. The maximum absolute atomic E-state index is 12.9. The normalized spacial score (nSPS) is 14.5. The van der Waals surface area contributed by atoms with Crippen molar-refractivity contribution in [1.82, 2.24) is 4.90 Å². The Bertz CT molecular complexity index is 1130. The zero-order valence-electron chi connectivity index (χ0n) is 19.5. The lowest BCUT2D eigenvalue weighted by atomic mass is 9.92. The third-order valence-electron chi connectivity index (χ3n) is 5.32. The highest BCUT2D eigenvalue weighted by Gasteiger charge is 2.38. The van der Waals surface area contributed by atoms with Gasteiger partial charge in [-0.1, -0.05) is 6.07 Å². The van der Waals surface area contributed by atoms with Gasteiger partial charge in [-0.2, -0.15) is 13.2 Å². The molecule has 0 saturated carbocycles. The molecule has 0 radical (unpaired) electrons. The van der Waals surface area contributed by atoms with Crippen molar-refractivity contribution in [1.29, 1.82) is 0 Å². The van der Waals surface area contributed by atoms with Crippen LogP contribution in [-0.2, 0) is 27.0 Å². The maximum Gasteiger partial charge on any atom is 0.416 e. The highest BCUT2D eigenvalue weighted by molar-refractivity contribution is 9.10. The Morgan fingerprint density at radius 1 is 1.14 bits per heavy atom. The summed E-state index contributed by atoms with van der Waals surface area (Å²) in [5.41, 5.74) is -0.614. The summed E-state index contributed by atoms with van der Waals surface area (Å²) in [6.07, 6.45) is -4.50. The number of carbonyl (C=O) groups is 3. The molecular weight excluding hydrogens is 532 g/mol. The standard InChI is InChI=1S/C23H23BBrF3N2O5/c1-4-34-20(32)22(2,3)35-19-16(24)9-13(10-17(19)25)11-30-18(31)12-29(21(30)33)15-7-5-14(6-8-15)23(26,27)28/h5-10H,4,11-12,24H2,1-3H3. The van der Waals surface area contributed by atoms with Crippen molar-refractivity contribution in [3.63, 3.8) is 0 Å². The number of anilines is 1. The van der Waals surface area contributed by atoms with Crippen molar-refractivity contribution in [3.05, 3.63) is 52.0 Å². The fourth-order valence-corrected chi connectivity index (χ4v) is 4.22. The third-order valence-corrected chi connectivity index (χ3v) is 5.91. The smallest absolute Gasteiger partial charge is 0.416 e. The molecule has 1 fully saturated rings. The number of imide groups is 1. The Labute approximate surface area is 209 Å². The van der Waals surface area contributed by atoms with E-state index in [1.165, 1.54) is 0 Å². The minimum atomic E-state index is -4.50. The third kappa shape index (κ3) is 5.80. The monoisotopic (exact) mass is 554 g/mol. The Morgan fingerprint density at radius 2 is 1.77 bits per heavy atom. The predicted molar refractivity (Wildman–Crippen MR) is 128 cm³/mol. The van der Waals surface area contributed by atoms with Crippen molar-refractivity contribution >= 4 is 52.8 Å². The van der Waals surface area contributed by atoms with Crippen LogP contribution in [-0.4, -0.2) is 49.4 Å². The lowest BCUT2D eigenvalue weighted by molar-refractivity contribution is -0.158. The number of halogens is 4. The van der Waals surface area contributed by atoms with Gasteiger partial charge < -0.3 is 9.47 Å². The lowest BCUT2D eigenvalue weighted by Crippen LogP contribution is -2.41. The number of carbonyl (C=O) groups excluding carboxylic acids is 3. The minimum absolute atomic E-state index is 0.0458. The van der Waals surface area contributed by atoms with Crippen LogP contribution in [0.2, 0.25) is 0 Å². The summed E-state index contributed by atoms with van der Waals surface area (Å²) in [7, 11) is 1.76. The molecule has 1 aliphatic rings. The van der Waals surface area contributed by atoms with E-state index in [0.29, 0.717) is 21.2 Å². The zero-order valence-corrected chi connectivity index (χ0v) is 21.1. The van der Waals surface area contributed by atoms with E-state index in [1.54, 1.807) is 40.8 Å². The number of ether oxygens (including phenoxy) is 2. The van der Waals surface area contributed by atoms with Gasteiger partial charge in [-0.15, -0.1) is 0 Å². The highest BCUT2D eigenvalue weighted by Crippen LogP contribution is 2.32. The van der Waals surface area contributed by atoms with E-state index in [-0.39, 0.29) is 25.4 Å². The van der Waals surface area contributed by atoms with Crippen LogP contribution in [0.3, 0.4) is 0 Å². The molecule has 0 atom stereocenters. The number of nitrogens with zero attached hydrogens (tertiary/aromatic N) is 2. The fraction of sp³-hybridized carbons (Fsp3) is 0.348. The summed E-state index contributed by atoms with van der Waals surface area (Å²) in [5.74, 6) is -0.586. The van der Waals surface area contributed by atoms with Crippen LogP contribution in [0.15, 0.2) is 40.9 Å². The van der Waals surface area contributed by atoms with Crippen LogP contribution in [0, 0.1) is 0 Å². The van der Waals surface area contributed by atoms with E-state index in [2.05, 4.69) is 15.9 Å².